The third kappa shape index (κ3) is 4.65. The molecule has 0 amide bonds. The lowest BCUT2D eigenvalue weighted by Crippen LogP contribution is -2.24. The van der Waals surface area contributed by atoms with Gasteiger partial charge in [-0.1, -0.05) is 18.8 Å². The van der Waals surface area contributed by atoms with Crippen molar-refractivity contribution in [1.29, 1.82) is 0 Å². The van der Waals surface area contributed by atoms with E-state index in [1.807, 2.05) is 0 Å². The third-order valence-corrected chi connectivity index (χ3v) is 4.59. The van der Waals surface area contributed by atoms with E-state index in [0.717, 1.165) is 18.0 Å². The van der Waals surface area contributed by atoms with Crippen molar-refractivity contribution in [3.05, 3.63) is 21.9 Å². The van der Waals surface area contributed by atoms with Crippen LogP contribution in [0.15, 0.2) is 11.4 Å². The van der Waals surface area contributed by atoms with Crippen LogP contribution in [0, 0.1) is 17.8 Å². The molecule has 1 aromatic heterocycles. The van der Waals surface area contributed by atoms with Crippen molar-refractivity contribution < 1.29 is 5.11 Å². The van der Waals surface area contributed by atoms with Gasteiger partial charge in [-0.2, -0.15) is 0 Å². The molecular formula is C16H23NOS. The number of aliphatic hydroxyl groups is 1. The number of likely N-dealkylation sites (tertiary alicyclic amines) is 1. The van der Waals surface area contributed by atoms with Crippen LogP contribution >= 0.6 is 11.3 Å². The Morgan fingerprint density at radius 3 is 3.16 bits per heavy atom. The van der Waals surface area contributed by atoms with Crippen LogP contribution in [0.2, 0.25) is 0 Å². The quantitative estimate of drug-likeness (QED) is 0.858. The largest absolute Gasteiger partial charge is 0.395 e. The highest BCUT2D eigenvalue weighted by atomic mass is 32.1. The lowest BCUT2D eigenvalue weighted by Gasteiger charge is -2.19. The van der Waals surface area contributed by atoms with Gasteiger partial charge in [0.2, 0.25) is 0 Å². The highest BCUT2D eigenvalue weighted by Crippen LogP contribution is 2.22. The van der Waals surface area contributed by atoms with Gasteiger partial charge in [0.25, 0.3) is 0 Å². The minimum Gasteiger partial charge on any atom is -0.395 e. The van der Waals surface area contributed by atoms with Crippen LogP contribution in [0.3, 0.4) is 0 Å². The van der Waals surface area contributed by atoms with Gasteiger partial charge in [-0.15, -0.1) is 11.3 Å². The zero-order valence-corrected chi connectivity index (χ0v) is 12.5. The molecule has 1 fully saturated rings. The summed E-state index contributed by atoms with van der Waals surface area (Å²) in [7, 11) is 0. The first-order valence-electron chi connectivity index (χ1n) is 7.18. The molecule has 1 aromatic rings. The van der Waals surface area contributed by atoms with Gasteiger partial charge in [0.15, 0.2) is 0 Å². The van der Waals surface area contributed by atoms with Gasteiger partial charge >= 0.3 is 0 Å². The van der Waals surface area contributed by atoms with Gasteiger partial charge in [0.1, 0.15) is 0 Å². The fraction of sp³-hybridized carbons (Fsp3) is 0.625. The number of hydrogen-bond donors (Lipinski definition) is 1. The van der Waals surface area contributed by atoms with Gasteiger partial charge in [-0.3, -0.25) is 4.90 Å². The molecule has 0 saturated carbocycles. The second-order valence-electron chi connectivity index (χ2n) is 5.35. The molecule has 104 valence electrons. The van der Waals surface area contributed by atoms with E-state index in [2.05, 4.69) is 35.1 Å². The van der Waals surface area contributed by atoms with Crippen molar-refractivity contribution in [2.75, 3.05) is 19.7 Å². The molecular weight excluding hydrogens is 254 g/mol. The van der Waals surface area contributed by atoms with Crippen LogP contribution in [0.5, 0.6) is 0 Å². The Labute approximate surface area is 120 Å². The smallest absolute Gasteiger partial charge is 0.0540 e. The Bertz CT molecular complexity index is 443. The van der Waals surface area contributed by atoms with Crippen LogP contribution in [-0.4, -0.2) is 29.7 Å². The van der Waals surface area contributed by atoms with Crippen LogP contribution in [-0.2, 0) is 6.54 Å². The summed E-state index contributed by atoms with van der Waals surface area (Å²) in [6.07, 6.45) is 4.57. The van der Waals surface area contributed by atoms with E-state index in [-0.39, 0.29) is 6.61 Å². The van der Waals surface area contributed by atoms with Crippen LogP contribution < -0.4 is 0 Å². The predicted octanol–water partition coefficient (Wildman–Crippen LogP) is 3.10. The molecule has 19 heavy (non-hydrogen) atoms. The maximum Gasteiger partial charge on any atom is 0.0540 e. The summed E-state index contributed by atoms with van der Waals surface area (Å²) >= 11 is 1.80. The fourth-order valence-corrected chi connectivity index (χ4v) is 3.34. The summed E-state index contributed by atoms with van der Waals surface area (Å²) in [6, 6.07) is 2.10. The van der Waals surface area contributed by atoms with Crippen molar-refractivity contribution in [2.45, 2.75) is 39.2 Å². The van der Waals surface area contributed by atoms with E-state index in [0.29, 0.717) is 6.42 Å². The molecule has 2 rings (SSSR count). The molecule has 1 unspecified atom stereocenters. The Morgan fingerprint density at radius 1 is 1.42 bits per heavy atom. The second kappa shape index (κ2) is 7.69. The topological polar surface area (TPSA) is 23.5 Å². The standard InChI is InChI=1S/C16H23NOS/c1-14-5-4-9-17(10-7-14)13-16-15(8-12-19-16)6-2-3-11-18/h8,12,14,18H,3-5,7,9-11,13H2,1H3. The third-order valence-electron chi connectivity index (χ3n) is 3.68. The molecule has 0 aromatic carbocycles. The summed E-state index contributed by atoms with van der Waals surface area (Å²) in [5.41, 5.74) is 1.15. The first kappa shape index (κ1) is 14.6. The molecule has 1 N–H and O–H groups in total. The summed E-state index contributed by atoms with van der Waals surface area (Å²) in [5.74, 6) is 7.08. The fourth-order valence-electron chi connectivity index (χ4n) is 2.47. The van der Waals surface area contributed by atoms with Gasteiger partial charge in [0, 0.05) is 23.4 Å². The number of thiophene rings is 1. The monoisotopic (exact) mass is 277 g/mol. The minimum absolute atomic E-state index is 0.149. The number of nitrogens with zero attached hydrogens (tertiary/aromatic N) is 1. The molecule has 0 aliphatic carbocycles. The van der Waals surface area contributed by atoms with Crippen LogP contribution in [0.4, 0.5) is 0 Å². The van der Waals surface area contributed by atoms with Crippen molar-refractivity contribution >= 4 is 11.3 Å². The van der Waals surface area contributed by atoms with E-state index in [1.54, 1.807) is 11.3 Å². The van der Waals surface area contributed by atoms with Crippen molar-refractivity contribution in [3.63, 3.8) is 0 Å². The van der Waals surface area contributed by atoms with Crippen LogP contribution in [0.25, 0.3) is 0 Å². The van der Waals surface area contributed by atoms with Gasteiger partial charge < -0.3 is 5.11 Å². The van der Waals surface area contributed by atoms with E-state index in [1.165, 1.54) is 37.2 Å². The molecule has 0 radical (unpaired) electrons. The Kier molecular flexibility index (Phi) is 5.91. The van der Waals surface area contributed by atoms with Crippen molar-refractivity contribution in [3.8, 4) is 11.8 Å². The van der Waals surface area contributed by atoms with E-state index < -0.39 is 0 Å². The number of rotatable bonds is 3. The summed E-state index contributed by atoms with van der Waals surface area (Å²) in [5, 5.41) is 10.9. The molecule has 2 nitrogen and oxygen atoms in total. The Morgan fingerprint density at radius 2 is 2.32 bits per heavy atom. The van der Waals surface area contributed by atoms with Crippen LogP contribution in [0.1, 0.15) is 43.0 Å². The number of hydrogen-bond acceptors (Lipinski definition) is 3. The molecule has 1 saturated heterocycles. The summed E-state index contributed by atoms with van der Waals surface area (Å²) in [6.45, 7) is 5.97. The SMILES string of the molecule is CC1CCCN(Cc2sccc2C#CCCO)CC1. The predicted molar refractivity (Wildman–Crippen MR) is 81.2 cm³/mol. The van der Waals surface area contributed by atoms with Gasteiger partial charge in [-0.05, 0) is 49.7 Å². The lowest BCUT2D eigenvalue weighted by molar-refractivity contribution is 0.276. The highest BCUT2D eigenvalue weighted by Gasteiger charge is 2.15. The maximum atomic E-state index is 8.77. The molecule has 0 spiro atoms. The van der Waals surface area contributed by atoms with E-state index in [9.17, 15) is 0 Å². The maximum absolute atomic E-state index is 8.77. The van der Waals surface area contributed by atoms with E-state index >= 15 is 0 Å². The molecule has 0 bridgehead atoms. The Balaban J connectivity index is 1.95. The number of aliphatic hydroxyl groups excluding tert-OH is 1. The first-order chi connectivity index (χ1) is 9.29. The molecule has 2 heterocycles. The van der Waals surface area contributed by atoms with Crippen molar-refractivity contribution in [2.24, 2.45) is 5.92 Å². The highest BCUT2D eigenvalue weighted by molar-refractivity contribution is 7.10. The molecule has 1 atom stereocenters. The zero-order chi connectivity index (χ0) is 13.5. The van der Waals surface area contributed by atoms with Crippen molar-refractivity contribution in [1.82, 2.24) is 4.90 Å². The molecule has 3 heteroatoms. The zero-order valence-electron chi connectivity index (χ0n) is 11.7. The molecule has 1 aliphatic rings. The average molecular weight is 277 g/mol. The van der Waals surface area contributed by atoms with Gasteiger partial charge in [-0.25, -0.2) is 0 Å². The lowest BCUT2D eigenvalue weighted by atomic mass is 10.0. The second-order valence-corrected chi connectivity index (χ2v) is 6.35. The van der Waals surface area contributed by atoms with Gasteiger partial charge in [0.05, 0.1) is 6.61 Å². The first-order valence-corrected chi connectivity index (χ1v) is 8.06. The molecule has 1 aliphatic heterocycles. The Hall–Kier alpha value is -0.820. The summed E-state index contributed by atoms with van der Waals surface area (Å²) in [4.78, 5) is 3.94. The average Bonchev–Trinajstić information content (AvgIpc) is 2.73. The minimum atomic E-state index is 0.149. The summed E-state index contributed by atoms with van der Waals surface area (Å²) < 4.78 is 0. The van der Waals surface area contributed by atoms with E-state index in [4.69, 9.17) is 5.11 Å². The normalized spacial score (nSPS) is 20.6.